The Morgan fingerprint density at radius 3 is 2.44 bits per heavy atom. The van der Waals surface area contributed by atoms with Crippen LogP contribution in [0.3, 0.4) is 0 Å². The number of hydrogen-bond acceptors (Lipinski definition) is 5. The number of amides is 1. The highest BCUT2D eigenvalue weighted by Crippen LogP contribution is 2.27. The van der Waals surface area contributed by atoms with Crippen LogP contribution in [0.5, 0.6) is 0 Å². The molecule has 2 aromatic rings. The number of rotatable bonds is 5. The summed E-state index contributed by atoms with van der Waals surface area (Å²) in [6.07, 6.45) is -0.0316. The van der Waals surface area contributed by atoms with Crippen LogP contribution < -0.4 is 5.32 Å². The van der Waals surface area contributed by atoms with Gasteiger partial charge in [-0.1, -0.05) is 19.1 Å². The highest BCUT2D eigenvalue weighted by Gasteiger charge is 2.16. The molecule has 0 heterocycles. The van der Waals surface area contributed by atoms with Gasteiger partial charge in [-0.2, -0.15) is 10.2 Å². The van der Waals surface area contributed by atoms with Gasteiger partial charge in [0.25, 0.3) is 0 Å². The molecule has 0 aliphatic carbocycles. The maximum Gasteiger partial charge on any atom is 0.412 e. The molecule has 7 heteroatoms. The van der Waals surface area contributed by atoms with Crippen LogP contribution in [-0.2, 0) is 11.2 Å². The summed E-state index contributed by atoms with van der Waals surface area (Å²) < 4.78 is 5.22. The number of nitrogens with one attached hydrogen (secondary N) is 1. The molecule has 0 fully saturated rings. The standard InChI is InChI=1S/C20H23N3O4/c1-5-15-16(18(24)25)10-7-11-17(15)23-22-14-9-6-8-13(12-14)21-19(26)27-20(2,3)4/h6-12H,5H2,1-4H3,(H,21,26)(H,24,25). The van der Waals surface area contributed by atoms with Gasteiger partial charge in [-0.3, -0.25) is 5.32 Å². The molecule has 1 amide bonds. The number of carbonyl (C=O) groups excluding carboxylic acids is 1. The minimum atomic E-state index is -0.993. The molecule has 0 aromatic heterocycles. The maximum atomic E-state index is 11.9. The van der Waals surface area contributed by atoms with E-state index in [-0.39, 0.29) is 5.56 Å². The largest absolute Gasteiger partial charge is 0.478 e. The first-order valence-corrected chi connectivity index (χ1v) is 8.56. The predicted octanol–water partition coefficient (Wildman–Crippen LogP) is 5.71. The molecule has 0 bridgehead atoms. The van der Waals surface area contributed by atoms with E-state index in [0.717, 1.165) is 0 Å². The summed E-state index contributed by atoms with van der Waals surface area (Å²) in [7, 11) is 0. The molecule has 2 aromatic carbocycles. The number of carboxylic acids is 1. The summed E-state index contributed by atoms with van der Waals surface area (Å²) in [6, 6.07) is 11.7. The summed E-state index contributed by atoms with van der Waals surface area (Å²) >= 11 is 0. The number of azo groups is 1. The SMILES string of the molecule is CCc1c(N=Nc2cccc(NC(=O)OC(C)(C)C)c2)cccc1C(=O)O. The summed E-state index contributed by atoms with van der Waals surface area (Å²) in [5, 5.41) is 20.3. The lowest BCUT2D eigenvalue weighted by Crippen LogP contribution is -2.27. The molecule has 2 rings (SSSR count). The number of ether oxygens (including phenoxy) is 1. The topological polar surface area (TPSA) is 100 Å². The predicted molar refractivity (Wildman–Crippen MR) is 103 cm³/mol. The summed E-state index contributed by atoms with van der Waals surface area (Å²) in [4.78, 5) is 23.2. The highest BCUT2D eigenvalue weighted by atomic mass is 16.6. The summed E-state index contributed by atoms with van der Waals surface area (Å²) in [5.74, 6) is -0.993. The van der Waals surface area contributed by atoms with Crippen molar-refractivity contribution in [3.05, 3.63) is 53.6 Å². The third kappa shape index (κ3) is 5.91. The van der Waals surface area contributed by atoms with Crippen molar-refractivity contribution in [3.8, 4) is 0 Å². The van der Waals surface area contributed by atoms with Crippen LogP contribution in [-0.4, -0.2) is 22.8 Å². The smallest absolute Gasteiger partial charge is 0.412 e. The average molecular weight is 369 g/mol. The van der Waals surface area contributed by atoms with Crippen LogP contribution >= 0.6 is 0 Å². The molecule has 0 spiro atoms. The van der Waals surface area contributed by atoms with Crippen molar-refractivity contribution in [2.24, 2.45) is 10.2 Å². The fourth-order valence-corrected chi connectivity index (χ4v) is 2.42. The number of aromatic carboxylic acids is 1. The fourth-order valence-electron chi connectivity index (χ4n) is 2.42. The molecule has 27 heavy (non-hydrogen) atoms. The van der Waals surface area contributed by atoms with E-state index >= 15 is 0 Å². The van der Waals surface area contributed by atoms with Crippen molar-refractivity contribution in [2.75, 3.05) is 5.32 Å². The van der Waals surface area contributed by atoms with Gasteiger partial charge < -0.3 is 9.84 Å². The van der Waals surface area contributed by atoms with Crippen molar-refractivity contribution in [3.63, 3.8) is 0 Å². The summed E-state index contributed by atoms with van der Waals surface area (Å²) in [6.45, 7) is 7.22. The average Bonchev–Trinajstić information content (AvgIpc) is 2.58. The van der Waals surface area contributed by atoms with Crippen molar-refractivity contribution < 1.29 is 19.4 Å². The number of anilines is 1. The number of carboxylic acid groups (broad SMARTS) is 1. The second-order valence-corrected chi connectivity index (χ2v) is 6.84. The van der Waals surface area contributed by atoms with E-state index in [1.165, 1.54) is 0 Å². The van der Waals surface area contributed by atoms with E-state index in [1.807, 2.05) is 6.92 Å². The Bertz CT molecular complexity index is 870. The van der Waals surface area contributed by atoms with Gasteiger partial charge in [0.05, 0.1) is 16.9 Å². The van der Waals surface area contributed by atoms with E-state index in [0.29, 0.717) is 29.0 Å². The lowest BCUT2D eigenvalue weighted by atomic mass is 10.0. The van der Waals surface area contributed by atoms with Crippen molar-refractivity contribution >= 4 is 29.1 Å². The van der Waals surface area contributed by atoms with E-state index in [9.17, 15) is 14.7 Å². The lowest BCUT2D eigenvalue weighted by molar-refractivity contribution is 0.0634. The van der Waals surface area contributed by atoms with Crippen molar-refractivity contribution in [2.45, 2.75) is 39.7 Å². The van der Waals surface area contributed by atoms with Crippen molar-refractivity contribution in [1.29, 1.82) is 0 Å². The molecular formula is C20H23N3O4. The monoisotopic (exact) mass is 369 g/mol. The lowest BCUT2D eigenvalue weighted by Gasteiger charge is -2.19. The summed E-state index contributed by atoms with van der Waals surface area (Å²) in [5.41, 5.74) is 1.80. The van der Waals surface area contributed by atoms with E-state index in [4.69, 9.17) is 4.74 Å². The Balaban J connectivity index is 2.20. The van der Waals surface area contributed by atoms with E-state index in [1.54, 1.807) is 63.2 Å². The van der Waals surface area contributed by atoms with Gasteiger partial charge in [0.2, 0.25) is 0 Å². The third-order valence-corrected chi connectivity index (χ3v) is 3.50. The second-order valence-electron chi connectivity index (χ2n) is 6.84. The minimum Gasteiger partial charge on any atom is -0.478 e. The van der Waals surface area contributed by atoms with Crippen LogP contribution in [0.25, 0.3) is 0 Å². The van der Waals surface area contributed by atoms with Crippen LogP contribution in [0.2, 0.25) is 0 Å². The molecular weight excluding hydrogens is 346 g/mol. The van der Waals surface area contributed by atoms with Gasteiger partial charge in [-0.15, -0.1) is 0 Å². The van der Waals surface area contributed by atoms with Gasteiger partial charge in [0, 0.05) is 5.69 Å². The van der Waals surface area contributed by atoms with Crippen molar-refractivity contribution in [1.82, 2.24) is 0 Å². The molecule has 0 saturated heterocycles. The minimum absolute atomic E-state index is 0.217. The van der Waals surface area contributed by atoms with Gasteiger partial charge in [-0.05, 0) is 63.1 Å². The molecule has 7 nitrogen and oxygen atoms in total. The third-order valence-electron chi connectivity index (χ3n) is 3.50. The molecule has 0 atom stereocenters. The van der Waals surface area contributed by atoms with Gasteiger partial charge in [-0.25, -0.2) is 9.59 Å². The molecule has 0 aliphatic rings. The van der Waals surface area contributed by atoms with Crippen LogP contribution in [0, 0.1) is 0 Å². The molecule has 2 N–H and O–H groups in total. The Kier molecular flexibility index (Phi) is 6.28. The Labute approximate surface area is 158 Å². The Hall–Kier alpha value is -3.22. The zero-order valence-electron chi connectivity index (χ0n) is 15.8. The van der Waals surface area contributed by atoms with Gasteiger partial charge in [0.15, 0.2) is 0 Å². The number of nitrogens with zero attached hydrogens (tertiary/aromatic N) is 2. The Morgan fingerprint density at radius 1 is 1.11 bits per heavy atom. The number of benzene rings is 2. The molecule has 0 radical (unpaired) electrons. The van der Waals surface area contributed by atoms with Gasteiger partial charge >= 0.3 is 12.1 Å². The van der Waals surface area contributed by atoms with E-state index in [2.05, 4.69) is 15.5 Å². The molecule has 0 saturated carbocycles. The first kappa shape index (κ1) is 20.1. The zero-order chi connectivity index (χ0) is 20.0. The van der Waals surface area contributed by atoms with Crippen LogP contribution in [0.15, 0.2) is 52.7 Å². The second kappa shape index (κ2) is 8.44. The number of hydrogen-bond donors (Lipinski definition) is 2. The van der Waals surface area contributed by atoms with Gasteiger partial charge in [0.1, 0.15) is 5.60 Å². The maximum absolute atomic E-state index is 11.9. The molecule has 0 unspecified atom stereocenters. The first-order chi connectivity index (χ1) is 12.7. The first-order valence-electron chi connectivity index (χ1n) is 8.56. The van der Waals surface area contributed by atoms with Crippen LogP contribution in [0.4, 0.5) is 21.9 Å². The highest BCUT2D eigenvalue weighted by molar-refractivity contribution is 5.91. The molecule has 142 valence electrons. The Morgan fingerprint density at radius 2 is 1.81 bits per heavy atom. The fraction of sp³-hybridized carbons (Fsp3) is 0.300. The zero-order valence-corrected chi connectivity index (χ0v) is 15.8. The molecule has 0 aliphatic heterocycles. The normalized spacial score (nSPS) is 11.4. The quantitative estimate of drug-likeness (QED) is 0.659. The van der Waals surface area contributed by atoms with E-state index < -0.39 is 17.7 Å². The van der Waals surface area contributed by atoms with Crippen LogP contribution in [0.1, 0.15) is 43.6 Å². The number of carbonyl (C=O) groups is 2.